The van der Waals surface area contributed by atoms with Gasteiger partial charge in [0, 0.05) is 25.3 Å². The van der Waals surface area contributed by atoms with E-state index in [4.69, 9.17) is 4.42 Å². The van der Waals surface area contributed by atoms with Crippen molar-refractivity contribution in [1.82, 2.24) is 9.78 Å². The SMILES string of the molecule is C=CCNc1nn(-c2ccc(F)cc2)c2c1C(=O)C[C@H](c1ccco1)C2. The van der Waals surface area contributed by atoms with Crippen molar-refractivity contribution in [2.45, 2.75) is 18.8 Å². The minimum absolute atomic E-state index is 0.0209. The van der Waals surface area contributed by atoms with Gasteiger partial charge in [0.15, 0.2) is 11.6 Å². The average molecular weight is 351 g/mol. The maximum Gasteiger partial charge on any atom is 0.169 e. The highest BCUT2D eigenvalue weighted by Gasteiger charge is 2.34. The lowest BCUT2D eigenvalue weighted by Gasteiger charge is -2.21. The zero-order chi connectivity index (χ0) is 18.1. The van der Waals surface area contributed by atoms with E-state index in [9.17, 15) is 9.18 Å². The molecule has 0 saturated carbocycles. The molecular formula is C20H18FN3O2. The summed E-state index contributed by atoms with van der Waals surface area (Å²) >= 11 is 0. The molecule has 6 heteroatoms. The fourth-order valence-electron chi connectivity index (χ4n) is 3.38. The summed E-state index contributed by atoms with van der Waals surface area (Å²) in [7, 11) is 0. The van der Waals surface area contributed by atoms with Gasteiger partial charge in [-0.2, -0.15) is 0 Å². The van der Waals surface area contributed by atoms with Crippen LogP contribution in [0.4, 0.5) is 10.2 Å². The van der Waals surface area contributed by atoms with Crippen LogP contribution >= 0.6 is 0 Å². The summed E-state index contributed by atoms with van der Waals surface area (Å²) in [5.74, 6) is 0.994. The molecule has 0 spiro atoms. The summed E-state index contributed by atoms with van der Waals surface area (Å²) in [5, 5.41) is 7.71. The van der Waals surface area contributed by atoms with Crippen molar-refractivity contribution >= 4 is 11.6 Å². The number of nitrogens with zero attached hydrogens (tertiary/aromatic N) is 2. The summed E-state index contributed by atoms with van der Waals surface area (Å²) in [6.45, 7) is 4.19. The Kier molecular flexibility index (Phi) is 4.16. The first kappa shape index (κ1) is 16.3. The Balaban J connectivity index is 1.81. The molecule has 0 bridgehead atoms. The highest BCUT2D eigenvalue weighted by molar-refractivity contribution is 6.03. The van der Waals surface area contributed by atoms with Crippen LogP contribution in [0.3, 0.4) is 0 Å². The number of rotatable bonds is 5. The van der Waals surface area contributed by atoms with Crippen molar-refractivity contribution in [3.05, 3.63) is 78.2 Å². The van der Waals surface area contributed by atoms with E-state index >= 15 is 0 Å². The van der Waals surface area contributed by atoms with Gasteiger partial charge in [-0.3, -0.25) is 4.79 Å². The van der Waals surface area contributed by atoms with Crippen LogP contribution in [-0.4, -0.2) is 22.1 Å². The molecule has 0 unspecified atom stereocenters. The molecule has 2 heterocycles. The van der Waals surface area contributed by atoms with Crippen LogP contribution in [0.1, 0.15) is 34.2 Å². The van der Waals surface area contributed by atoms with Gasteiger partial charge in [-0.05, 0) is 36.4 Å². The number of hydrogen-bond donors (Lipinski definition) is 1. The fraction of sp³-hybridized carbons (Fsp3) is 0.200. The van der Waals surface area contributed by atoms with Gasteiger partial charge in [0.2, 0.25) is 0 Å². The number of fused-ring (bicyclic) bond motifs is 1. The van der Waals surface area contributed by atoms with Crippen molar-refractivity contribution in [2.24, 2.45) is 0 Å². The zero-order valence-electron chi connectivity index (χ0n) is 14.1. The predicted octanol–water partition coefficient (Wildman–Crippen LogP) is 4.12. The van der Waals surface area contributed by atoms with Crippen LogP contribution in [0, 0.1) is 5.82 Å². The maximum absolute atomic E-state index is 13.3. The topological polar surface area (TPSA) is 60.1 Å². The fourth-order valence-corrected chi connectivity index (χ4v) is 3.38. The lowest BCUT2D eigenvalue weighted by Crippen LogP contribution is -2.20. The lowest BCUT2D eigenvalue weighted by atomic mass is 9.85. The maximum atomic E-state index is 13.3. The van der Waals surface area contributed by atoms with Gasteiger partial charge in [0.25, 0.3) is 0 Å². The molecule has 1 aliphatic rings. The van der Waals surface area contributed by atoms with E-state index in [1.807, 2.05) is 12.1 Å². The quantitative estimate of drug-likeness (QED) is 0.703. The van der Waals surface area contributed by atoms with Gasteiger partial charge in [-0.25, -0.2) is 9.07 Å². The summed E-state index contributed by atoms with van der Waals surface area (Å²) < 4.78 is 20.5. The standard InChI is InChI=1S/C20H18FN3O2/c1-2-9-22-20-19-16(24(23-20)15-7-5-14(21)6-8-15)11-13(12-17(19)25)18-4-3-10-26-18/h2-8,10,13H,1,9,11-12H2,(H,22,23)/t13-/m1/s1. The molecular weight excluding hydrogens is 333 g/mol. The van der Waals surface area contributed by atoms with E-state index in [1.165, 1.54) is 12.1 Å². The van der Waals surface area contributed by atoms with Gasteiger partial charge in [-0.1, -0.05) is 6.08 Å². The highest BCUT2D eigenvalue weighted by atomic mass is 19.1. The molecule has 4 rings (SSSR count). The number of Topliss-reactive ketones (excluding diaryl/α,β-unsaturated/α-hetero) is 1. The molecule has 3 aromatic rings. The third-order valence-electron chi connectivity index (χ3n) is 4.56. The van der Waals surface area contributed by atoms with Crippen LogP contribution in [-0.2, 0) is 6.42 Å². The molecule has 26 heavy (non-hydrogen) atoms. The Morgan fingerprint density at radius 2 is 2.12 bits per heavy atom. The Bertz CT molecular complexity index is 942. The second-order valence-electron chi connectivity index (χ2n) is 6.27. The minimum Gasteiger partial charge on any atom is -0.469 e. The van der Waals surface area contributed by atoms with Crippen molar-refractivity contribution in [3.8, 4) is 5.69 Å². The number of carbonyl (C=O) groups excluding carboxylic acids is 1. The molecule has 0 saturated heterocycles. The molecule has 1 N–H and O–H groups in total. The van der Waals surface area contributed by atoms with Crippen molar-refractivity contribution in [2.75, 3.05) is 11.9 Å². The van der Waals surface area contributed by atoms with Crippen LogP contribution < -0.4 is 5.32 Å². The molecule has 0 fully saturated rings. The summed E-state index contributed by atoms with van der Waals surface area (Å²) in [4.78, 5) is 12.9. The predicted molar refractivity (Wildman–Crippen MR) is 96.3 cm³/mol. The van der Waals surface area contributed by atoms with E-state index in [0.29, 0.717) is 36.5 Å². The Hall–Kier alpha value is -3.15. The number of furan rings is 1. The second kappa shape index (κ2) is 6.63. The molecule has 1 aromatic carbocycles. The van der Waals surface area contributed by atoms with Gasteiger partial charge < -0.3 is 9.73 Å². The number of carbonyl (C=O) groups is 1. The third-order valence-corrected chi connectivity index (χ3v) is 4.56. The second-order valence-corrected chi connectivity index (χ2v) is 6.27. The molecule has 1 aliphatic carbocycles. The number of nitrogens with one attached hydrogen (secondary N) is 1. The van der Waals surface area contributed by atoms with Crippen LogP contribution in [0.2, 0.25) is 0 Å². The first-order chi connectivity index (χ1) is 12.7. The minimum atomic E-state index is -0.315. The first-order valence-corrected chi connectivity index (χ1v) is 8.46. The van der Waals surface area contributed by atoms with E-state index in [1.54, 1.807) is 29.2 Å². The van der Waals surface area contributed by atoms with Gasteiger partial charge >= 0.3 is 0 Å². The molecule has 0 radical (unpaired) electrons. The number of halogens is 1. The van der Waals surface area contributed by atoms with Crippen molar-refractivity contribution in [1.29, 1.82) is 0 Å². The number of aromatic nitrogens is 2. The Labute approximate surface area is 150 Å². The number of hydrogen-bond acceptors (Lipinski definition) is 4. The third kappa shape index (κ3) is 2.83. The number of benzene rings is 1. The Morgan fingerprint density at radius 3 is 2.81 bits per heavy atom. The summed E-state index contributed by atoms with van der Waals surface area (Å²) in [5.41, 5.74) is 2.11. The van der Waals surface area contributed by atoms with Gasteiger partial charge in [0.1, 0.15) is 11.6 Å². The van der Waals surface area contributed by atoms with Crippen molar-refractivity contribution in [3.63, 3.8) is 0 Å². The van der Waals surface area contributed by atoms with Crippen LogP contribution in [0.15, 0.2) is 59.7 Å². The van der Waals surface area contributed by atoms with E-state index in [2.05, 4.69) is 17.0 Å². The summed E-state index contributed by atoms with van der Waals surface area (Å²) in [6.07, 6.45) is 4.32. The molecule has 2 aromatic heterocycles. The van der Waals surface area contributed by atoms with E-state index in [0.717, 1.165) is 11.5 Å². The monoisotopic (exact) mass is 351 g/mol. The van der Waals surface area contributed by atoms with Gasteiger partial charge in [-0.15, -0.1) is 11.7 Å². The lowest BCUT2D eigenvalue weighted by molar-refractivity contribution is 0.0960. The van der Waals surface area contributed by atoms with Crippen LogP contribution in [0.5, 0.6) is 0 Å². The zero-order valence-corrected chi connectivity index (χ0v) is 14.1. The van der Waals surface area contributed by atoms with Crippen molar-refractivity contribution < 1.29 is 13.6 Å². The highest BCUT2D eigenvalue weighted by Crippen LogP contribution is 2.37. The Morgan fingerprint density at radius 1 is 1.31 bits per heavy atom. The average Bonchev–Trinajstić information content (AvgIpc) is 3.29. The molecule has 132 valence electrons. The van der Waals surface area contributed by atoms with Crippen LogP contribution in [0.25, 0.3) is 5.69 Å². The van der Waals surface area contributed by atoms with E-state index in [-0.39, 0.29) is 17.5 Å². The molecule has 0 amide bonds. The molecule has 0 aliphatic heterocycles. The normalized spacial score (nSPS) is 16.3. The summed E-state index contributed by atoms with van der Waals surface area (Å²) in [6, 6.07) is 9.79. The van der Waals surface area contributed by atoms with Gasteiger partial charge in [0.05, 0.1) is 23.2 Å². The number of ketones is 1. The largest absolute Gasteiger partial charge is 0.469 e. The first-order valence-electron chi connectivity index (χ1n) is 8.46. The smallest absolute Gasteiger partial charge is 0.169 e. The molecule has 1 atom stereocenters. The van der Waals surface area contributed by atoms with E-state index < -0.39 is 0 Å². The number of anilines is 1. The molecule has 5 nitrogen and oxygen atoms in total.